The molecular weight excluding hydrogens is 250 g/mol. The molecule has 0 saturated heterocycles. The Hall–Kier alpha value is -1.16. The Balaban J connectivity index is 2.00. The zero-order valence-electron chi connectivity index (χ0n) is 11.0. The molecule has 1 aliphatic rings. The summed E-state index contributed by atoms with van der Waals surface area (Å²) in [5.41, 5.74) is 1.33. The molecule has 2 rings (SSSR count). The molecule has 1 heterocycles. The normalized spacial score (nSPS) is 16.7. The van der Waals surface area contributed by atoms with Crippen molar-refractivity contribution in [3.8, 4) is 0 Å². The summed E-state index contributed by atoms with van der Waals surface area (Å²) >= 11 is 5.74. The minimum Gasteiger partial charge on any atom is -0.350 e. The number of aryl methyl sites for hydroxylation is 1. The number of nitrogens with zero attached hydrogens (tertiary/aromatic N) is 2. The van der Waals surface area contributed by atoms with Gasteiger partial charge in [0.2, 0.25) is 5.28 Å². The highest BCUT2D eigenvalue weighted by Gasteiger charge is 2.45. The van der Waals surface area contributed by atoms with E-state index in [9.17, 15) is 4.79 Å². The highest BCUT2D eigenvalue weighted by atomic mass is 35.5. The molecule has 1 aromatic rings. The van der Waals surface area contributed by atoms with Crippen molar-refractivity contribution in [3.63, 3.8) is 0 Å². The second-order valence-electron chi connectivity index (χ2n) is 5.36. The molecule has 0 aliphatic heterocycles. The second-order valence-corrected chi connectivity index (χ2v) is 5.70. The number of carbonyl (C=O) groups excluding carboxylic acids is 1. The van der Waals surface area contributed by atoms with E-state index in [1.165, 1.54) is 12.8 Å². The number of rotatable bonds is 4. The third-order valence-corrected chi connectivity index (χ3v) is 3.95. The first-order valence-electron chi connectivity index (χ1n) is 6.22. The quantitative estimate of drug-likeness (QED) is 0.853. The van der Waals surface area contributed by atoms with Crippen LogP contribution in [0.15, 0.2) is 6.07 Å². The molecule has 98 valence electrons. The number of hydrogen-bond donors (Lipinski definition) is 1. The van der Waals surface area contributed by atoms with Crippen molar-refractivity contribution in [2.75, 3.05) is 6.54 Å². The zero-order valence-corrected chi connectivity index (χ0v) is 11.7. The van der Waals surface area contributed by atoms with E-state index in [1.807, 2.05) is 0 Å². The van der Waals surface area contributed by atoms with Crippen LogP contribution in [0.3, 0.4) is 0 Å². The van der Waals surface area contributed by atoms with Crippen LogP contribution in [0, 0.1) is 18.3 Å². The van der Waals surface area contributed by atoms with Crippen molar-refractivity contribution in [3.05, 3.63) is 22.7 Å². The molecule has 1 N–H and O–H groups in total. The van der Waals surface area contributed by atoms with Crippen molar-refractivity contribution < 1.29 is 4.79 Å². The average molecular weight is 268 g/mol. The van der Waals surface area contributed by atoms with Crippen molar-refractivity contribution in [1.82, 2.24) is 15.3 Å². The molecule has 18 heavy (non-hydrogen) atoms. The molecule has 1 aliphatic carbocycles. The van der Waals surface area contributed by atoms with Crippen LogP contribution in [0.1, 0.15) is 42.9 Å². The summed E-state index contributed by atoms with van der Waals surface area (Å²) in [6.45, 7) is 6.90. The molecule has 1 fully saturated rings. The van der Waals surface area contributed by atoms with Gasteiger partial charge < -0.3 is 5.32 Å². The Labute approximate surface area is 112 Å². The Bertz CT molecular complexity index is 449. The number of aromatic nitrogens is 2. The lowest BCUT2D eigenvalue weighted by Crippen LogP contribution is -2.33. The van der Waals surface area contributed by atoms with Gasteiger partial charge in [0.25, 0.3) is 5.91 Å². The van der Waals surface area contributed by atoms with Gasteiger partial charge in [0.05, 0.1) is 0 Å². The van der Waals surface area contributed by atoms with Crippen LogP contribution < -0.4 is 5.32 Å². The first-order valence-corrected chi connectivity index (χ1v) is 6.60. The van der Waals surface area contributed by atoms with E-state index in [1.54, 1.807) is 13.0 Å². The molecule has 1 amide bonds. The van der Waals surface area contributed by atoms with E-state index in [-0.39, 0.29) is 11.2 Å². The van der Waals surface area contributed by atoms with Gasteiger partial charge in [0, 0.05) is 12.2 Å². The predicted molar refractivity (Wildman–Crippen MR) is 70.6 cm³/mol. The van der Waals surface area contributed by atoms with Gasteiger partial charge in [0.1, 0.15) is 5.69 Å². The van der Waals surface area contributed by atoms with Crippen LogP contribution in [-0.2, 0) is 0 Å². The first kappa shape index (κ1) is 13.3. The highest BCUT2D eigenvalue weighted by Crippen LogP contribution is 2.51. The van der Waals surface area contributed by atoms with Gasteiger partial charge in [-0.25, -0.2) is 9.97 Å². The predicted octanol–water partition coefficient (Wildman–Crippen LogP) is 2.60. The fraction of sp³-hybridized carbons (Fsp3) is 0.615. The van der Waals surface area contributed by atoms with E-state index < -0.39 is 0 Å². The Morgan fingerprint density at radius 1 is 1.50 bits per heavy atom. The van der Waals surface area contributed by atoms with Crippen LogP contribution in [0.5, 0.6) is 0 Å². The number of hydrogen-bond acceptors (Lipinski definition) is 3. The van der Waals surface area contributed by atoms with Crippen LogP contribution in [0.2, 0.25) is 5.28 Å². The second kappa shape index (κ2) is 4.84. The molecule has 0 radical (unpaired) electrons. The van der Waals surface area contributed by atoms with Crippen molar-refractivity contribution in [2.24, 2.45) is 11.3 Å². The molecule has 0 bridgehead atoms. The average Bonchev–Trinajstić information content (AvgIpc) is 3.05. The lowest BCUT2D eigenvalue weighted by Gasteiger charge is -2.19. The van der Waals surface area contributed by atoms with Gasteiger partial charge in [-0.1, -0.05) is 13.8 Å². The van der Waals surface area contributed by atoms with E-state index >= 15 is 0 Å². The third-order valence-electron chi connectivity index (χ3n) is 3.78. The third kappa shape index (κ3) is 2.80. The summed E-state index contributed by atoms with van der Waals surface area (Å²) in [5.74, 6) is 0.419. The van der Waals surface area contributed by atoms with Gasteiger partial charge in [-0.15, -0.1) is 0 Å². The summed E-state index contributed by atoms with van der Waals surface area (Å²) in [7, 11) is 0. The topological polar surface area (TPSA) is 54.9 Å². The Kier molecular flexibility index (Phi) is 3.57. The highest BCUT2D eigenvalue weighted by molar-refractivity contribution is 6.28. The van der Waals surface area contributed by atoms with E-state index in [2.05, 4.69) is 29.1 Å². The smallest absolute Gasteiger partial charge is 0.270 e. The molecule has 4 nitrogen and oxygen atoms in total. The molecule has 0 spiro atoms. The van der Waals surface area contributed by atoms with Gasteiger partial charge in [0.15, 0.2) is 0 Å². The molecule has 0 aromatic carbocycles. The summed E-state index contributed by atoms with van der Waals surface area (Å²) < 4.78 is 0. The summed E-state index contributed by atoms with van der Waals surface area (Å²) in [6, 6.07) is 1.65. The molecule has 1 saturated carbocycles. The summed E-state index contributed by atoms with van der Waals surface area (Å²) in [6.07, 6.45) is 2.38. The first-order chi connectivity index (χ1) is 8.43. The van der Waals surface area contributed by atoms with Crippen LogP contribution in [0.4, 0.5) is 0 Å². The fourth-order valence-corrected chi connectivity index (χ4v) is 2.34. The number of halogens is 1. The van der Waals surface area contributed by atoms with Crippen LogP contribution in [0.25, 0.3) is 0 Å². The van der Waals surface area contributed by atoms with E-state index in [0.29, 0.717) is 29.3 Å². The van der Waals surface area contributed by atoms with Crippen molar-refractivity contribution in [1.29, 1.82) is 0 Å². The molecule has 5 heteroatoms. The maximum absolute atomic E-state index is 12.0. The Morgan fingerprint density at radius 3 is 2.67 bits per heavy atom. The summed E-state index contributed by atoms with van der Waals surface area (Å²) in [5, 5.41) is 3.07. The Morgan fingerprint density at radius 2 is 2.17 bits per heavy atom. The lowest BCUT2D eigenvalue weighted by molar-refractivity contribution is 0.0934. The molecule has 0 unspecified atom stereocenters. The largest absolute Gasteiger partial charge is 0.350 e. The maximum Gasteiger partial charge on any atom is 0.270 e. The molecular formula is C13H18ClN3O. The van der Waals surface area contributed by atoms with E-state index in [0.717, 1.165) is 0 Å². The molecule has 0 atom stereocenters. The van der Waals surface area contributed by atoms with E-state index in [4.69, 9.17) is 11.6 Å². The molecule has 1 aromatic heterocycles. The van der Waals surface area contributed by atoms with Gasteiger partial charge >= 0.3 is 0 Å². The fourth-order valence-electron chi connectivity index (χ4n) is 2.11. The number of nitrogens with one attached hydrogen (secondary N) is 1. The van der Waals surface area contributed by atoms with Gasteiger partial charge in [-0.2, -0.15) is 0 Å². The lowest BCUT2D eigenvalue weighted by atomic mass is 9.92. The van der Waals surface area contributed by atoms with Gasteiger partial charge in [-0.3, -0.25) is 4.79 Å². The van der Waals surface area contributed by atoms with Gasteiger partial charge in [-0.05, 0) is 48.8 Å². The maximum atomic E-state index is 12.0. The standard InChI is InChI=1S/C13H18ClN3O/c1-8(2)13(4-5-13)7-15-11(18)10-6-9(3)16-12(14)17-10/h6,8H,4-5,7H2,1-3H3,(H,15,18). The number of carbonyl (C=O) groups is 1. The van der Waals surface area contributed by atoms with Crippen molar-refractivity contribution in [2.45, 2.75) is 33.6 Å². The summed E-state index contributed by atoms with van der Waals surface area (Å²) in [4.78, 5) is 19.9. The monoisotopic (exact) mass is 267 g/mol. The minimum absolute atomic E-state index is 0.116. The zero-order chi connectivity index (χ0) is 13.3. The minimum atomic E-state index is -0.172. The SMILES string of the molecule is Cc1cc(C(=O)NCC2(C(C)C)CC2)nc(Cl)n1. The number of amides is 1. The van der Waals surface area contributed by atoms with Crippen LogP contribution in [-0.4, -0.2) is 22.4 Å². The van der Waals surface area contributed by atoms with Crippen LogP contribution >= 0.6 is 11.6 Å². The van der Waals surface area contributed by atoms with Crippen molar-refractivity contribution >= 4 is 17.5 Å².